The van der Waals surface area contributed by atoms with E-state index < -0.39 is 0 Å². The molecule has 0 bridgehead atoms. The quantitative estimate of drug-likeness (QED) is 0.550. The second-order valence-electron chi connectivity index (χ2n) is 7.74. The van der Waals surface area contributed by atoms with Crippen LogP contribution in [0.4, 0.5) is 15.8 Å². The second-order valence-corrected chi connectivity index (χ2v) is 8.14. The molecule has 2 nitrogen and oxygen atoms in total. The Morgan fingerprint density at radius 3 is 2.77 bits per heavy atom. The number of hydrogen-bond donors (Lipinski definition) is 0. The molecular weight excluding hydrogens is 347 g/mol. The smallest absolute Gasteiger partial charge is 0.134 e. The third-order valence-corrected chi connectivity index (χ3v) is 5.81. The van der Waals surface area contributed by atoms with Crippen molar-refractivity contribution in [1.82, 2.24) is 0 Å². The lowest BCUT2D eigenvalue weighted by Crippen LogP contribution is -2.48. The molecule has 0 aromatic heterocycles. The molecule has 0 saturated heterocycles. The largest absolute Gasteiger partial charge is 0.366 e. The number of nitrogens with zero attached hydrogens (tertiary/aromatic N) is 2. The fourth-order valence-electron chi connectivity index (χ4n) is 4.09. The van der Waals surface area contributed by atoms with Gasteiger partial charge in [-0.2, -0.15) is 0 Å². The number of benzene rings is 2. The van der Waals surface area contributed by atoms with Gasteiger partial charge in [0.2, 0.25) is 0 Å². The number of fused-ring (bicyclic) bond motifs is 1. The second kappa shape index (κ2) is 7.03. The van der Waals surface area contributed by atoms with Gasteiger partial charge in [0.25, 0.3) is 0 Å². The van der Waals surface area contributed by atoms with Crippen LogP contribution in [0.5, 0.6) is 0 Å². The molecule has 0 aliphatic carbocycles. The molecule has 1 atom stereocenters. The molecule has 26 heavy (non-hydrogen) atoms. The highest BCUT2D eigenvalue weighted by Crippen LogP contribution is 2.43. The van der Waals surface area contributed by atoms with Crippen LogP contribution >= 0.6 is 11.6 Å². The Kier molecular flexibility index (Phi) is 5.12. The van der Waals surface area contributed by atoms with Crippen molar-refractivity contribution >= 4 is 29.2 Å². The van der Waals surface area contributed by atoms with Gasteiger partial charge in [-0.1, -0.05) is 24.6 Å². The maximum Gasteiger partial charge on any atom is 0.134 e. The normalized spacial score (nSPS) is 19.0. The Morgan fingerprint density at radius 1 is 1.35 bits per heavy atom. The fourth-order valence-corrected chi connectivity index (χ4v) is 4.26. The van der Waals surface area contributed by atoms with Gasteiger partial charge in [0.1, 0.15) is 5.82 Å². The minimum Gasteiger partial charge on any atom is -0.366 e. The first-order valence-corrected chi connectivity index (χ1v) is 9.52. The van der Waals surface area contributed by atoms with E-state index in [-0.39, 0.29) is 11.4 Å². The molecule has 1 aliphatic rings. The van der Waals surface area contributed by atoms with Gasteiger partial charge in [-0.25, -0.2) is 4.39 Å². The molecular formula is C22H26ClFN2. The third kappa shape index (κ3) is 3.37. The summed E-state index contributed by atoms with van der Waals surface area (Å²) < 4.78 is 14.8. The van der Waals surface area contributed by atoms with E-state index in [4.69, 9.17) is 11.6 Å². The van der Waals surface area contributed by atoms with Crippen LogP contribution in [0.1, 0.15) is 56.7 Å². The summed E-state index contributed by atoms with van der Waals surface area (Å²) in [5.74, 6) is 0.138. The lowest BCUT2D eigenvalue weighted by molar-refractivity contribution is 0.380. The summed E-state index contributed by atoms with van der Waals surface area (Å²) in [6, 6.07) is 9.20. The maximum absolute atomic E-state index is 14.8. The molecule has 3 rings (SSSR count). The van der Waals surface area contributed by atoms with Gasteiger partial charge in [-0.15, -0.1) is 0 Å². The average Bonchev–Trinajstić information content (AvgIpc) is 2.56. The molecule has 0 saturated carbocycles. The maximum atomic E-state index is 14.8. The first-order valence-electron chi connectivity index (χ1n) is 9.15. The van der Waals surface area contributed by atoms with Crippen LogP contribution in [-0.2, 0) is 0 Å². The summed E-state index contributed by atoms with van der Waals surface area (Å²) in [7, 11) is 0. The number of hydrogen-bond acceptors (Lipinski definition) is 2. The van der Waals surface area contributed by atoms with E-state index in [2.05, 4.69) is 37.6 Å². The molecule has 1 unspecified atom stereocenters. The predicted molar refractivity (Wildman–Crippen MR) is 110 cm³/mol. The highest BCUT2D eigenvalue weighted by atomic mass is 35.5. The topological polar surface area (TPSA) is 15.6 Å². The van der Waals surface area contributed by atoms with Crippen LogP contribution in [0.15, 0.2) is 35.3 Å². The molecule has 0 amide bonds. The minimum atomic E-state index is -0.240. The summed E-state index contributed by atoms with van der Waals surface area (Å²) >= 11 is 6.15. The summed E-state index contributed by atoms with van der Waals surface area (Å²) in [5, 5.41) is 0.667. The van der Waals surface area contributed by atoms with Crippen molar-refractivity contribution < 1.29 is 4.39 Å². The Labute approximate surface area is 160 Å². The van der Waals surface area contributed by atoms with Crippen molar-refractivity contribution in [2.75, 3.05) is 11.4 Å². The van der Waals surface area contributed by atoms with Gasteiger partial charge in [-0.05, 0) is 75.4 Å². The summed E-state index contributed by atoms with van der Waals surface area (Å²) in [6.07, 6.45) is 2.65. The Hall–Kier alpha value is -1.87. The first-order chi connectivity index (χ1) is 12.2. The lowest BCUT2D eigenvalue weighted by Gasteiger charge is -2.47. The number of aliphatic imine (C=N–C) groups is 1. The van der Waals surface area contributed by atoms with E-state index in [1.54, 1.807) is 12.3 Å². The van der Waals surface area contributed by atoms with Crippen molar-refractivity contribution in [2.24, 2.45) is 4.99 Å². The Balaban J connectivity index is 2.03. The van der Waals surface area contributed by atoms with Crippen LogP contribution in [0.2, 0.25) is 5.02 Å². The molecule has 4 heteroatoms. The van der Waals surface area contributed by atoms with E-state index in [1.807, 2.05) is 31.2 Å². The molecule has 1 heterocycles. The lowest BCUT2D eigenvalue weighted by atomic mass is 9.79. The summed E-state index contributed by atoms with van der Waals surface area (Å²) in [4.78, 5) is 6.78. The van der Waals surface area contributed by atoms with Gasteiger partial charge in [-0.3, -0.25) is 4.99 Å². The minimum absolute atomic E-state index is 0.0289. The molecule has 0 fully saturated rings. The summed E-state index contributed by atoms with van der Waals surface area (Å²) in [5.41, 5.74) is 4.41. The SMILES string of the molecule is CCN1c2cc(F)c(C=Nc3cccc(Cl)c3C)cc2C(C)CC1(C)C. The van der Waals surface area contributed by atoms with E-state index in [0.29, 0.717) is 16.5 Å². The van der Waals surface area contributed by atoms with Crippen molar-refractivity contribution in [3.8, 4) is 0 Å². The Morgan fingerprint density at radius 2 is 2.08 bits per heavy atom. The number of anilines is 1. The predicted octanol–water partition coefficient (Wildman–Crippen LogP) is 6.65. The standard InChI is InChI=1S/C22H26ClFN2/c1-6-26-21-11-19(24)16(10-17(21)14(2)12-22(26,4)5)13-25-20-9-7-8-18(23)15(20)3/h7-11,13-14H,6,12H2,1-5H3. The summed E-state index contributed by atoms with van der Waals surface area (Å²) in [6.45, 7) is 11.6. The van der Waals surface area contributed by atoms with Crippen molar-refractivity contribution in [3.63, 3.8) is 0 Å². The van der Waals surface area contributed by atoms with Gasteiger partial charge in [0.15, 0.2) is 0 Å². The zero-order valence-corrected chi connectivity index (χ0v) is 16.9. The zero-order valence-electron chi connectivity index (χ0n) is 16.1. The average molecular weight is 373 g/mol. The zero-order chi connectivity index (χ0) is 19.1. The highest BCUT2D eigenvalue weighted by Gasteiger charge is 2.36. The molecule has 0 spiro atoms. The van der Waals surface area contributed by atoms with Gasteiger partial charge >= 0.3 is 0 Å². The molecule has 2 aromatic rings. The van der Waals surface area contributed by atoms with Gasteiger partial charge < -0.3 is 4.90 Å². The van der Waals surface area contributed by atoms with E-state index in [0.717, 1.165) is 29.9 Å². The van der Waals surface area contributed by atoms with Crippen LogP contribution in [0.3, 0.4) is 0 Å². The fraction of sp³-hybridized carbons (Fsp3) is 0.409. The Bertz CT molecular complexity index is 857. The van der Waals surface area contributed by atoms with Crippen molar-refractivity contribution in [1.29, 1.82) is 0 Å². The van der Waals surface area contributed by atoms with Crippen LogP contribution in [-0.4, -0.2) is 18.3 Å². The monoisotopic (exact) mass is 372 g/mol. The molecule has 0 N–H and O–H groups in total. The van der Waals surface area contributed by atoms with E-state index in [1.165, 1.54) is 5.56 Å². The van der Waals surface area contributed by atoms with Crippen LogP contribution < -0.4 is 4.90 Å². The molecule has 0 radical (unpaired) electrons. The number of rotatable bonds is 3. The van der Waals surface area contributed by atoms with Crippen LogP contribution in [0, 0.1) is 12.7 Å². The highest BCUT2D eigenvalue weighted by molar-refractivity contribution is 6.31. The van der Waals surface area contributed by atoms with Gasteiger partial charge in [0, 0.05) is 34.6 Å². The first kappa shape index (κ1) is 18.9. The third-order valence-electron chi connectivity index (χ3n) is 5.40. The van der Waals surface area contributed by atoms with Crippen molar-refractivity contribution in [3.05, 3.63) is 57.9 Å². The van der Waals surface area contributed by atoms with Crippen molar-refractivity contribution in [2.45, 2.75) is 52.5 Å². The van der Waals surface area contributed by atoms with Crippen LogP contribution in [0.25, 0.3) is 0 Å². The number of halogens is 2. The molecule has 2 aromatic carbocycles. The van der Waals surface area contributed by atoms with E-state index >= 15 is 0 Å². The van der Waals surface area contributed by atoms with E-state index in [9.17, 15) is 4.39 Å². The molecule has 1 aliphatic heterocycles. The van der Waals surface area contributed by atoms with Gasteiger partial charge in [0.05, 0.1) is 5.69 Å². The molecule has 138 valence electrons.